The van der Waals surface area contributed by atoms with Crippen molar-refractivity contribution in [3.63, 3.8) is 0 Å². The van der Waals surface area contributed by atoms with Crippen LogP contribution in [0.5, 0.6) is 0 Å². The zero-order valence-electron chi connectivity index (χ0n) is 14.1. The van der Waals surface area contributed by atoms with Crippen LogP contribution < -0.4 is 5.32 Å². The zero-order chi connectivity index (χ0) is 16.4. The maximum Gasteiger partial charge on any atom is 0.222 e. The van der Waals surface area contributed by atoms with Crippen molar-refractivity contribution < 1.29 is 4.74 Å². The van der Waals surface area contributed by atoms with E-state index in [0.29, 0.717) is 11.9 Å². The first-order valence-corrected chi connectivity index (χ1v) is 9.51. The molecule has 0 bridgehead atoms. The summed E-state index contributed by atoms with van der Waals surface area (Å²) in [6.07, 6.45) is 5.90. The Morgan fingerprint density at radius 1 is 1.38 bits per heavy atom. The van der Waals surface area contributed by atoms with Crippen LogP contribution in [0.4, 0.5) is 5.95 Å². The van der Waals surface area contributed by atoms with E-state index in [2.05, 4.69) is 38.6 Å². The van der Waals surface area contributed by atoms with Crippen molar-refractivity contribution in [1.29, 1.82) is 0 Å². The van der Waals surface area contributed by atoms with E-state index in [9.17, 15) is 0 Å². The van der Waals surface area contributed by atoms with E-state index in [-0.39, 0.29) is 5.60 Å². The molecule has 0 aromatic carbocycles. The first kappa shape index (κ1) is 16.0. The molecule has 2 aliphatic heterocycles. The van der Waals surface area contributed by atoms with E-state index in [1.165, 1.54) is 16.9 Å². The predicted molar refractivity (Wildman–Crippen MR) is 96.3 cm³/mol. The third kappa shape index (κ3) is 3.45. The van der Waals surface area contributed by atoms with Gasteiger partial charge in [0.25, 0.3) is 0 Å². The third-order valence-corrected chi connectivity index (χ3v) is 6.11. The van der Waals surface area contributed by atoms with E-state index in [1.54, 1.807) is 12.4 Å². The van der Waals surface area contributed by atoms with Gasteiger partial charge in [-0.2, -0.15) is 0 Å². The highest BCUT2D eigenvalue weighted by atomic mass is 32.1. The average molecular weight is 344 g/mol. The van der Waals surface area contributed by atoms with Crippen LogP contribution in [0.25, 0.3) is 0 Å². The molecule has 2 aromatic rings. The molecule has 2 aliphatic rings. The van der Waals surface area contributed by atoms with E-state index in [4.69, 9.17) is 4.74 Å². The number of nitrogens with zero attached hydrogens (tertiary/aromatic N) is 3. The second-order valence-electron chi connectivity index (χ2n) is 7.02. The summed E-state index contributed by atoms with van der Waals surface area (Å²) >= 11 is 1.86. The van der Waals surface area contributed by atoms with Crippen LogP contribution in [-0.2, 0) is 11.3 Å². The molecule has 2 fully saturated rings. The van der Waals surface area contributed by atoms with Crippen molar-refractivity contribution in [2.45, 2.75) is 31.9 Å². The summed E-state index contributed by atoms with van der Waals surface area (Å²) in [6.45, 7) is 7.15. The highest BCUT2D eigenvalue weighted by Gasteiger charge is 2.46. The largest absolute Gasteiger partial charge is 0.372 e. The smallest absolute Gasteiger partial charge is 0.222 e. The Bertz CT molecular complexity index is 659. The monoisotopic (exact) mass is 344 g/mol. The number of likely N-dealkylation sites (tertiary alicyclic amines) is 1. The number of aromatic nitrogens is 2. The van der Waals surface area contributed by atoms with E-state index < -0.39 is 0 Å². The lowest BCUT2D eigenvalue weighted by Crippen LogP contribution is -2.64. The van der Waals surface area contributed by atoms with Crippen LogP contribution in [0.3, 0.4) is 0 Å². The van der Waals surface area contributed by atoms with Crippen LogP contribution >= 0.6 is 11.3 Å². The minimum Gasteiger partial charge on any atom is -0.372 e. The van der Waals surface area contributed by atoms with Gasteiger partial charge in [0.15, 0.2) is 0 Å². The number of ether oxygens (including phenoxy) is 1. The lowest BCUT2D eigenvalue weighted by molar-refractivity contribution is -0.180. The Hall–Kier alpha value is -1.50. The van der Waals surface area contributed by atoms with Gasteiger partial charge in [0.1, 0.15) is 0 Å². The summed E-state index contributed by atoms with van der Waals surface area (Å²) < 4.78 is 6.26. The first-order valence-electron chi connectivity index (χ1n) is 8.63. The number of aryl methyl sites for hydroxylation is 1. The summed E-state index contributed by atoms with van der Waals surface area (Å²) in [7, 11) is 0. The summed E-state index contributed by atoms with van der Waals surface area (Å²) in [4.78, 5) is 12.4. The topological polar surface area (TPSA) is 50.3 Å². The second-order valence-corrected chi connectivity index (χ2v) is 8.02. The fourth-order valence-electron chi connectivity index (χ4n) is 3.60. The molecule has 0 saturated carbocycles. The Morgan fingerprint density at radius 2 is 2.21 bits per heavy atom. The molecule has 0 amide bonds. The number of rotatable bonds is 5. The summed E-state index contributed by atoms with van der Waals surface area (Å²) in [5, 5.41) is 5.50. The van der Waals surface area contributed by atoms with Gasteiger partial charge in [-0.05, 0) is 48.8 Å². The first-order chi connectivity index (χ1) is 11.7. The van der Waals surface area contributed by atoms with Crippen molar-refractivity contribution in [3.8, 4) is 0 Å². The normalized spacial score (nSPS) is 23.1. The number of hydrogen-bond donors (Lipinski definition) is 1. The third-order valence-electron chi connectivity index (χ3n) is 5.11. The standard InChI is InChI=1S/C18H24N4OS/c1-14-4-8-24-16(14)10-22-12-18(13-22)5-3-15(11-23-18)9-21-17-19-6-2-7-20-17/h2,4,6-8,15H,3,5,9-13H2,1H3,(H,19,20,21)/t15-/m1/s1. The minimum absolute atomic E-state index is 0.116. The number of hydrogen-bond acceptors (Lipinski definition) is 6. The van der Waals surface area contributed by atoms with Gasteiger partial charge in [0.2, 0.25) is 5.95 Å². The van der Waals surface area contributed by atoms with Crippen LogP contribution in [-0.4, -0.2) is 46.7 Å². The molecule has 1 spiro atoms. The average Bonchev–Trinajstić information content (AvgIpc) is 2.99. The van der Waals surface area contributed by atoms with Crippen LogP contribution in [0.2, 0.25) is 0 Å². The highest BCUT2D eigenvalue weighted by Crippen LogP contribution is 2.37. The summed E-state index contributed by atoms with van der Waals surface area (Å²) in [5.74, 6) is 1.26. The van der Waals surface area contributed by atoms with Gasteiger partial charge in [-0.25, -0.2) is 9.97 Å². The van der Waals surface area contributed by atoms with Crippen LogP contribution in [0.1, 0.15) is 23.3 Å². The maximum atomic E-state index is 6.26. The van der Waals surface area contributed by atoms with Crippen molar-refractivity contribution in [1.82, 2.24) is 14.9 Å². The van der Waals surface area contributed by atoms with Gasteiger partial charge >= 0.3 is 0 Å². The molecular weight excluding hydrogens is 320 g/mol. The molecular formula is C18H24N4OS. The molecule has 2 saturated heterocycles. The fourth-order valence-corrected chi connectivity index (χ4v) is 4.55. The van der Waals surface area contributed by atoms with E-state index in [1.807, 2.05) is 17.4 Å². The zero-order valence-corrected chi connectivity index (χ0v) is 14.9. The van der Waals surface area contributed by atoms with E-state index in [0.717, 1.165) is 39.2 Å². The fraction of sp³-hybridized carbons (Fsp3) is 0.556. The summed E-state index contributed by atoms with van der Waals surface area (Å²) in [5.41, 5.74) is 1.53. The molecule has 1 atom stereocenters. The quantitative estimate of drug-likeness (QED) is 0.904. The van der Waals surface area contributed by atoms with Gasteiger partial charge < -0.3 is 10.1 Å². The molecule has 4 rings (SSSR count). The number of anilines is 1. The van der Waals surface area contributed by atoms with Crippen molar-refractivity contribution in [2.24, 2.45) is 5.92 Å². The lowest BCUT2D eigenvalue weighted by atomic mass is 9.83. The van der Waals surface area contributed by atoms with Crippen molar-refractivity contribution >= 4 is 17.3 Å². The minimum atomic E-state index is 0.116. The number of nitrogens with one attached hydrogen (secondary N) is 1. The van der Waals surface area contributed by atoms with Crippen LogP contribution in [0.15, 0.2) is 29.9 Å². The molecule has 24 heavy (non-hydrogen) atoms. The Morgan fingerprint density at radius 3 is 2.88 bits per heavy atom. The van der Waals surface area contributed by atoms with Crippen LogP contribution in [0, 0.1) is 12.8 Å². The van der Waals surface area contributed by atoms with Gasteiger partial charge in [0, 0.05) is 43.4 Å². The molecule has 128 valence electrons. The van der Waals surface area contributed by atoms with Gasteiger partial charge in [-0.3, -0.25) is 4.90 Å². The molecule has 5 nitrogen and oxygen atoms in total. The molecule has 1 N–H and O–H groups in total. The molecule has 0 aliphatic carbocycles. The lowest BCUT2D eigenvalue weighted by Gasteiger charge is -2.53. The second kappa shape index (κ2) is 6.78. The van der Waals surface area contributed by atoms with Crippen molar-refractivity contribution in [2.75, 3.05) is 31.6 Å². The van der Waals surface area contributed by atoms with Crippen molar-refractivity contribution in [3.05, 3.63) is 40.3 Å². The maximum absolute atomic E-state index is 6.26. The van der Waals surface area contributed by atoms with E-state index >= 15 is 0 Å². The molecule has 2 aromatic heterocycles. The Kier molecular flexibility index (Phi) is 4.52. The molecule has 6 heteroatoms. The SMILES string of the molecule is Cc1ccsc1CN1CC2(CC[C@H](CNc3ncccn3)CO2)C1. The highest BCUT2D eigenvalue weighted by molar-refractivity contribution is 7.10. The molecule has 0 radical (unpaired) electrons. The Labute approximate surface area is 147 Å². The predicted octanol–water partition coefficient (Wildman–Crippen LogP) is 2.94. The summed E-state index contributed by atoms with van der Waals surface area (Å²) in [6, 6.07) is 4.04. The van der Waals surface area contributed by atoms with Gasteiger partial charge in [-0.15, -0.1) is 11.3 Å². The molecule has 0 unspecified atom stereocenters. The molecule has 4 heterocycles. The number of thiophene rings is 1. The van der Waals surface area contributed by atoms with Gasteiger partial charge in [-0.1, -0.05) is 0 Å². The van der Waals surface area contributed by atoms with Gasteiger partial charge in [0.05, 0.1) is 12.2 Å². The Balaban J connectivity index is 1.20.